The van der Waals surface area contributed by atoms with E-state index >= 15 is 0 Å². The molecule has 0 aromatic carbocycles. The zero-order chi connectivity index (χ0) is 18.1. The van der Waals surface area contributed by atoms with Crippen LogP contribution in [-0.2, 0) is 27.2 Å². The minimum absolute atomic E-state index is 0.101. The van der Waals surface area contributed by atoms with Crippen LogP contribution in [0.2, 0.25) is 0 Å². The molecule has 0 atom stereocenters. The predicted molar refractivity (Wildman–Crippen MR) is 91.2 cm³/mol. The van der Waals surface area contributed by atoms with Crippen LogP contribution < -0.4 is 5.32 Å². The summed E-state index contributed by atoms with van der Waals surface area (Å²) in [7, 11) is -7.76. The van der Waals surface area contributed by atoms with Crippen molar-refractivity contribution in [1.29, 1.82) is 0 Å². The molecular formula is C13H25N3O6P2. The summed E-state index contributed by atoms with van der Waals surface area (Å²) in [5.41, 5.74) is -1.38. The first kappa shape index (κ1) is 21.2. The summed E-state index contributed by atoms with van der Waals surface area (Å²) in [6, 6.07) is 1.62. The Labute approximate surface area is 142 Å². The molecule has 0 saturated heterocycles. The van der Waals surface area contributed by atoms with Crippen LogP contribution in [0.3, 0.4) is 0 Å². The molecule has 9 nitrogen and oxygen atoms in total. The van der Waals surface area contributed by atoms with E-state index in [0.717, 1.165) is 0 Å². The zero-order valence-electron chi connectivity index (χ0n) is 14.4. The molecule has 0 spiro atoms. The molecule has 24 heavy (non-hydrogen) atoms. The molecule has 0 aliphatic carbocycles. The Hall–Kier alpha value is -0.820. The van der Waals surface area contributed by atoms with E-state index in [1.807, 2.05) is 0 Å². The third-order valence-corrected chi connectivity index (χ3v) is 8.28. The van der Waals surface area contributed by atoms with E-state index in [2.05, 4.69) is 15.3 Å². The number of anilines is 1. The first-order valence-electron chi connectivity index (χ1n) is 7.76. The van der Waals surface area contributed by atoms with Gasteiger partial charge in [-0.3, -0.25) is 9.13 Å². The smallest absolute Gasteiger partial charge is 0.330 e. The summed E-state index contributed by atoms with van der Waals surface area (Å²) in [4.78, 5) is 8.00. The summed E-state index contributed by atoms with van der Waals surface area (Å²) in [6.45, 7) is 7.05. The van der Waals surface area contributed by atoms with Gasteiger partial charge < -0.3 is 23.4 Å². The average molecular weight is 381 g/mol. The molecule has 138 valence electrons. The van der Waals surface area contributed by atoms with Gasteiger partial charge in [0.25, 0.3) is 0 Å². The van der Waals surface area contributed by atoms with Crippen molar-refractivity contribution in [3.63, 3.8) is 0 Å². The minimum atomic E-state index is -3.88. The van der Waals surface area contributed by atoms with Crippen LogP contribution in [0.15, 0.2) is 18.5 Å². The van der Waals surface area contributed by atoms with Gasteiger partial charge in [0, 0.05) is 12.4 Å². The molecule has 1 aromatic heterocycles. The second-order valence-corrected chi connectivity index (χ2v) is 8.97. The standard InChI is InChI=1S/C13H25N3O6P2/c1-5-19-23(17,20-6-2)13(16-12-14-10-9-11-15-12)24(18,21-7-3)22-8-4/h9-11,13H,5-8H2,1-4H3,(H,14,15,16). The van der Waals surface area contributed by atoms with E-state index in [-0.39, 0.29) is 32.4 Å². The van der Waals surface area contributed by atoms with Crippen molar-refractivity contribution in [3.8, 4) is 0 Å². The van der Waals surface area contributed by atoms with Crippen molar-refractivity contribution in [3.05, 3.63) is 18.5 Å². The Kier molecular flexibility index (Phi) is 9.05. The van der Waals surface area contributed by atoms with Gasteiger partial charge in [-0.2, -0.15) is 0 Å². The summed E-state index contributed by atoms with van der Waals surface area (Å²) in [5.74, 6) is 0.113. The van der Waals surface area contributed by atoms with Crippen LogP contribution >= 0.6 is 15.2 Å². The molecule has 1 heterocycles. The number of nitrogens with zero attached hydrogens (tertiary/aromatic N) is 2. The van der Waals surface area contributed by atoms with Gasteiger partial charge in [0.1, 0.15) is 0 Å². The molecule has 1 N–H and O–H groups in total. The fraction of sp³-hybridized carbons (Fsp3) is 0.692. The van der Waals surface area contributed by atoms with Gasteiger partial charge in [-0.25, -0.2) is 9.97 Å². The lowest BCUT2D eigenvalue weighted by atomic mass is 10.7. The molecule has 11 heteroatoms. The van der Waals surface area contributed by atoms with Crippen molar-refractivity contribution in [2.24, 2.45) is 0 Å². The Morgan fingerprint density at radius 2 is 1.25 bits per heavy atom. The van der Waals surface area contributed by atoms with Crippen LogP contribution in [0.4, 0.5) is 5.95 Å². The maximum absolute atomic E-state index is 13.2. The number of nitrogens with one attached hydrogen (secondary N) is 1. The first-order valence-corrected chi connectivity index (χ1v) is 11.0. The molecule has 0 bridgehead atoms. The molecule has 0 amide bonds. The van der Waals surface area contributed by atoms with Crippen molar-refractivity contribution in [2.75, 3.05) is 31.7 Å². The lowest BCUT2D eigenvalue weighted by Crippen LogP contribution is -2.26. The second kappa shape index (κ2) is 10.2. The normalized spacial score (nSPS) is 12.5. The van der Waals surface area contributed by atoms with Gasteiger partial charge in [0.05, 0.1) is 26.4 Å². The third-order valence-electron chi connectivity index (χ3n) is 2.66. The maximum atomic E-state index is 13.2. The minimum Gasteiger partial charge on any atom is -0.330 e. The van der Waals surface area contributed by atoms with Crippen molar-refractivity contribution < 1.29 is 27.2 Å². The number of rotatable bonds is 12. The predicted octanol–water partition coefficient (Wildman–Crippen LogP) is 3.70. The molecule has 0 fully saturated rings. The molecule has 1 rings (SSSR count). The Morgan fingerprint density at radius 1 is 0.875 bits per heavy atom. The lowest BCUT2D eigenvalue weighted by Gasteiger charge is -2.31. The number of hydrogen-bond donors (Lipinski definition) is 1. The van der Waals surface area contributed by atoms with E-state index in [4.69, 9.17) is 18.1 Å². The maximum Gasteiger partial charge on any atom is 0.365 e. The number of aromatic nitrogens is 2. The SMILES string of the molecule is CCOP(=O)(OCC)C(Nc1ncccn1)P(=O)(OCC)OCC. The van der Waals surface area contributed by atoms with Crippen LogP contribution in [-0.4, -0.2) is 41.9 Å². The highest BCUT2D eigenvalue weighted by Gasteiger charge is 2.51. The van der Waals surface area contributed by atoms with Gasteiger partial charge in [0.2, 0.25) is 11.5 Å². The van der Waals surface area contributed by atoms with Gasteiger partial charge >= 0.3 is 15.2 Å². The summed E-state index contributed by atoms with van der Waals surface area (Å²) in [6.07, 6.45) is 2.98. The second-order valence-electron chi connectivity index (χ2n) is 4.34. The molecule has 0 aliphatic rings. The summed E-state index contributed by atoms with van der Waals surface area (Å²) < 4.78 is 47.7. The first-order chi connectivity index (χ1) is 11.5. The topological polar surface area (TPSA) is 109 Å². The fourth-order valence-electron chi connectivity index (χ4n) is 1.90. The monoisotopic (exact) mass is 381 g/mol. The van der Waals surface area contributed by atoms with E-state index in [9.17, 15) is 9.13 Å². The van der Waals surface area contributed by atoms with Gasteiger partial charge in [-0.05, 0) is 33.8 Å². The largest absolute Gasteiger partial charge is 0.365 e. The molecule has 0 unspecified atom stereocenters. The molecule has 0 saturated carbocycles. The highest BCUT2D eigenvalue weighted by atomic mass is 31.2. The highest BCUT2D eigenvalue weighted by Crippen LogP contribution is 2.69. The fourth-order valence-corrected chi connectivity index (χ4v) is 6.78. The average Bonchev–Trinajstić information content (AvgIpc) is 2.54. The van der Waals surface area contributed by atoms with Crippen molar-refractivity contribution in [2.45, 2.75) is 33.2 Å². The van der Waals surface area contributed by atoms with Crippen LogP contribution in [0, 0.1) is 0 Å². The van der Waals surface area contributed by atoms with Crippen LogP contribution in [0.5, 0.6) is 0 Å². The van der Waals surface area contributed by atoms with E-state index in [1.165, 1.54) is 12.4 Å². The highest BCUT2D eigenvalue weighted by molar-refractivity contribution is 7.72. The Balaban J connectivity index is 3.32. The summed E-state index contributed by atoms with van der Waals surface area (Å²) in [5, 5.41) is 2.75. The van der Waals surface area contributed by atoms with Gasteiger partial charge in [0.15, 0.2) is 0 Å². The van der Waals surface area contributed by atoms with E-state index in [1.54, 1.807) is 33.8 Å². The Bertz CT molecular complexity index is 524. The summed E-state index contributed by atoms with van der Waals surface area (Å²) >= 11 is 0. The van der Waals surface area contributed by atoms with Gasteiger partial charge in [-0.1, -0.05) is 0 Å². The number of hydrogen-bond acceptors (Lipinski definition) is 9. The van der Waals surface area contributed by atoms with Crippen LogP contribution in [0.1, 0.15) is 27.7 Å². The molecule has 0 aliphatic heterocycles. The van der Waals surface area contributed by atoms with Crippen molar-refractivity contribution in [1.82, 2.24) is 9.97 Å². The lowest BCUT2D eigenvalue weighted by molar-refractivity contribution is 0.198. The molecular weight excluding hydrogens is 356 g/mol. The van der Waals surface area contributed by atoms with Gasteiger partial charge in [-0.15, -0.1) is 0 Å². The quantitative estimate of drug-likeness (QED) is 0.542. The third kappa shape index (κ3) is 5.62. The molecule has 1 aromatic rings. The van der Waals surface area contributed by atoms with E-state index < -0.39 is 20.7 Å². The molecule has 0 radical (unpaired) electrons. The van der Waals surface area contributed by atoms with Crippen LogP contribution in [0.25, 0.3) is 0 Å². The Morgan fingerprint density at radius 3 is 1.58 bits per heavy atom. The zero-order valence-corrected chi connectivity index (χ0v) is 16.2. The van der Waals surface area contributed by atoms with E-state index in [0.29, 0.717) is 0 Å². The van der Waals surface area contributed by atoms with Crippen molar-refractivity contribution >= 4 is 21.1 Å².